The van der Waals surface area contributed by atoms with Crippen LogP contribution >= 0.6 is 0 Å². The average Bonchev–Trinajstić information content (AvgIpc) is 3.02. The largest absolute Gasteiger partial charge is 0.299 e. The lowest BCUT2D eigenvalue weighted by molar-refractivity contribution is -0.117. The number of Topliss-reactive ketones (excluding diaryl/α,β-unsaturated/α-hetero) is 1. The van der Waals surface area contributed by atoms with Crippen LogP contribution in [-0.4, -0.2) is 5.78 Å². The van der Waals surface area contributed by atoms with Crippen molar-refractivity contribution in [3.8, 4) is 0 Å². The molecule has 0 aliphatic heterocycles. The van der Waals surface area contributed by atoms with Crippen molar-refractivity contribution >= 4 is 5.78 Å². The third-order valence-electron chi connectivity index (χ3n) is 10.8. The van der Waals surface area contributed by atoms with Gasteiger partial charge in [-0.25, -0.2) is 0 Å². The molecular formula is C41H62O. The van der Waals surface area contributed by atoms with Crippen LogP contribution in [0.1, 0.15) is 176 Å². The Bertz CT molecular complexity index is 905. The number of hydrogen-bond acceptors (Lipinski definition) is 1. The molecule has 1 heteroatoms. The average molecular weight is 571 g/mol. The quantitative estimate of drug-likeness (QED) is 0.163. The zero-order chi connectivity index (χ0) is 29.4. The second kappa shape index (κ2) is 18.7. The SMILES string of the molecule is CCCCCCCC1CCC(c2ccc(CC(=O)Cc3ccc(C4CCC(CCCCCCC)CC4)cc3)cc2)CC1. The standard InChI is InChI=1S/C41H62O/c1-3-5-7-9-11-13-33-15-23-37(24-16-33)39-27-19-35(20-28-39)31-41(42)32-36-21-29-40(30-22-36)38-25-17-34(18-26-38)14-12-10-8-6-4-2/h19-22,27-30,33-34,37-38H,3-18,23-26,31-32H2,1-2H3. The lowest BCUT2D eigenvalue weighted by atomic mass is 9.77. The molecule has 0 atom stereocenters. The van der Waals surface area contributed by atoms with Gasteiger partial charge in [0.1, 0.15) is 5.78 Å². The first-order valence-corrected chi connectivity index (χ1v) is 18.3. The maximum atomic E-state index is 12.9. The maximum absolute atomic E-state index is 12.9. The predicted molar refractivity (Wildman–Crippen MR) is 181 cm³/mol. The molecule has 0 bridgehead atoms. The van der Waals surface area contributed by atoms with Crippen LogP contribution in [0, 0.1) is 11.8 Å². The van der Waals surface area contributed by atoms with Crippen molar-refractivity contribution in [2.75, 3.05) is 0 Å². The van der Waals surface area contributed by atoms with Gasteiger partial charge in [-0.05, 0) is 97.3 Å². The van der Waals surface area contributed by atoms with E-state index in [1.807, 2.05) is 0 Å². The Kier molecular flexibility index (Phi) is 14.7. The molecule has 0 aromatic heterocycles. The van der Waals surface area contributed by atoms with Gasteiger partial charge in [0.05, 0.1) is 0 Å². The van der Waals surface area contributed by atoms with Gasteiger partial charge in [-0.3, -0.25) is 4.79 Å². The van der Waals surface area contributed by atoms with Crippen LogP contribution in [0.3, 0.4) is 0 Å². The monoisotopic (exact) mass is 570 g/mol. The number of unbranched alkanes of at least 4 members (excludes halogenated alkanes) is 8. The third-order valence-corrected chi connectivity index (χ3v) is 10.8. The second-order valence-electron chi connectivity index (χ2n) is 14.2. The molecule has 2 aromatic carbocycles. The zero-order valence-electron chi connectivity index (χ0n) is 27.4. The first-order valence-electron chi connectivity index (χ1n) is 18.3. The van der Waals surface area contributed by atoms with E-state index in [1.165, 1.54) is 151 Å². The molecule has 2 aromatic rings. The van der Waals surface area contributed by atoms with Crippen LogP contribution in [-0.2, 0) is 17.6 Å². The number of carbonyl (C=O) groups excluding carboxylic acids is 1. The summed E-state index contributed by atoms with van der Waals surface area (Å²) in [6.45, 7) is 4.60. The summed E-state index contributed by atoms with van der Waals surface area (Å²) in [4.78, 5) is 12.9. The van der Waals surface area contributed by atoms with Crippen LogP contribution in [0.4, 0.5) is 0 Å². The van der Waals surface area contributed by atoms with E-state index in [1.54, 1.807) is 0 Å². The lowest BCUT2D eigenvalue weighted by Crippen LogP contribution is -2.14. The summed E-state index contributed by atoms with van der Waals surface area (Å²) in [7, 11) is 0. The molecule has 0 saturated heterocycles. The normalized spacial score (nSPS) is 22.7. The summed E-state index contributed by atoms with van der Waals surface area (Å²) in [5, 5.41) is 0. The minimum Gasteiger partial charge on any atom is -0.299 e. The highest BCUT2D eigenvalue weighted by atomic mass is 16.1. The molecular weight excluding hydrogens is 508 g/mol. The van der Waals surface area contributed by atoms with E-state index < -0.39 is 0 Å². The van der Waals surface area contributed by atoms with Crippen LogP contribution in [0.5, 0.6) is 0 Å². The molecule has 0 N–H and O–H groups in total. The van der Waals surface area contributed by atoms with Gasteiger partial charge < -0.3 is 0 Å². The van der Waals surface area contributed by atoms with Crippen LogP contribution in [0.25, 0.3) is 0 Å². The minimum absolute atomic E-state index is 0.328. The molecule has 0 radical (unpaired) electrons. The van der Waals surface area contributed by atoms with Gasteiger partial charge >= 0.3 is 0 Å². The van der Waals surface area contributed by atoms with E-state index in [0.29, 0.717) is 18.6 Å². The number of carbonyl (C=O) groups is 1. The molecule has 2 aliphatic rings. The zero-order valence-corrected chi connectivity index (χ0v) is 27.4. The highest BCUT2D eigenvalue weighted by molar-refractivity contribution is 5.83. The molecule has 0 amide bonds. The molecule has 42 heavy (non-hydrogen) atoms. The van der Waals surface area contributed by atoms with E-state index in [9.17, 15) is 4.79 Å². The van der Waals surface area contributed by atoms with Crippen molar-refractivity contribution in [3.05, 3.63) is 70.8 Å². The smallest absolute Gasteiger partial charge is 0.141 e. The highest BCUT2D eigenvalue weighted by Crippen LogP contribution is 2.39. The summed E-state index contributed by atoms with van der Waals surface area (Å²) in [6, 6.07) is 18.1. The minimum atomic E-state index is 0.328. The summed E-state index contributed by atoms with van der Waals surface area (Å²) in [6.07, 6.45) is 29.0. The van der Waals surface area contributed by atoms with Gasteiger partial charge in [-0.2, -0.15) is 0 Å². The Morgan fingerprint density at radius 1 is 0.500 bits per heavy atom. The third kappa shape index (κ3) is 11.3. The topological polar surface area (TPSA) is 17.1 Å². The van der Waals surface area contributed by atoms with Crippen LogP contribution in [0.15, 0.2) is 48.5 Å². The Hall–Kier alpha value is -1.89. The molecule has 1 nitrogen and oxygen atoms in total. The number of hydrogen-bond donors (Lipinski definition) is 0. The maximum Gasteiger partial charge on any atom is 0.141 e. The Labute approximate surface area is 259 Å². The fraction of sp³-hybridized carbons (Fsp3) is 0.683. The fourth-order valence-electron chi connectivity index (χ4n) is 7.98. The number of benzene rings is 2. The van der Waals surface area contributed by atoms with Crippen molar-refractivity contribution in [3.63, 3.8) is 0 Å². The Morgan fingerprint density at radius 3 is 1.21 bits per heavy atom. The Morgan fingerprint density at radius 2 is 0.857 bits per heavy atom. The number of rotatable bonds is 18. The van der Waals surface area contributed by atoms with E-state index in [4.69, 9.17) is 0 Å². The first-order chi connectivity index (χ1) is 20.6. The molecule has 0 heterocycles. The van der Waals surface area contributed by atoms with E-state index >= 15 is 0 Å². The summed E-state index contributed by atoms with van der Waals surface area (Å²) >= 11 is 0. The van der Waals surface area contributed by atoms with Gasteiger partial charge in [0, 0.05) is 12.8 Å². The predicted octanol–water partition coefficient (Wildman–Crippen LogP) is 12.3. The second-order valence-corrected chi connectivity index (χ2v) is 14.2. The van der Waals surface area contributed by atoms with Crippen LogP contribution < -0.4 is 0 Å². The van der Waals surface area contributed by atoms with Crippen molar-refractivity contribution in [1.82, 2.24) is 0 Å². The van der Waals surface area contributed by atoms with Crippen LogP contribution in [0.2, 0.25) is 0 Å². The van der Waals surface area contributed by atoms with Gasteiger partial charge in [0.25, 0.3) is 0 Å². The van der Waals surface area contributed by atoms with E-state index in [-0.39, 0.29) is 0 Å². The fourth-order valence-corrected chi connectivity index (χ4v) is 7.98. The van der Waals surface area contributed by atoms with Crippen molar-refractivity contribution in [2.24, 2.45) is 11.8 Å². The molecule has 2 aliphatic carbocycles. The highest BCUT2D eigenvalue weighted by Gasteiger charge is 2.23. The van der Waals surface area contributed by atoms with Gasteiger partial charge in [0.2, 0.25) is 0 Å². The molecule has 0 unspecified atom stereocenters. The molecule has 0 spiro atoms. The molecule has 2 saturated carbocycles. The summed E-state index contributed by atoms with van der Waals surface area (Å²) < 4.78 is 0. The number of ketones is 1. The van der Waals surface area contributed by atoms with Gasteiger partial charge in [-0.15, -0.1) is 0 Å². The Balaban J connectivity index is 1.13. The van der Waals surface area contributed by atoms with Gasteiger partial charge in [0.15, 0.2) is 0 Å². The van der Waals surface area contributed by atoms with Crippen molar-refractivity contribution < 1.29 is 4.79 Å². The van der Waals surface area contributed by atoms with Crippen molar-refractivity contribution in [1.29, 1.82) is 0 Å². The van der Waals surface area contributed by atoms with E-state index in [0.717, 1.165) is 23.7 Å². The van der Waals surface area contributed by atoms with Gasteiger partial charge in [-0.1, -0.05) is 139 Å². The molecule has 4 rings (SSSR count). The van der Waals surface area contributed by atoms with E-state index in [2.05, 4.69) is 62.4 Å². The lowest BCUT2D eigenvalue weighted by Gasteiger charge is -2.29. The molecule has 2 fully saturated rings. The summed E-state index contributed by atoms with van der Waals surface area (Å²) in [5.41, 5.74) is 5.32. The van der Waals surface area contributed by atoms with Crippen molar-refractivity contribution in [2.45, 2.75) is 167 Å². The first kappa shape index (κ1) is 33.0. The molecule has 232 valence electrons. The summed E-state index contributed by atoms with van der Waals surface area (Å²) in [5.74, 6) is 3.68.